The van der Waals surface area contributed by atoms with E-state index in [1.807, 2.05) is 20.8 Å². The van der Waals surface area contributed by atoms with Crippen molar-refractivity contribution in [1.29, 1.82) is 0 Å². The lowest BCUT2D eigenvalue weighted by molar-refractivity contribution is -0.143. The number of imidazole rings is 1. The number of amides is 8. The first-order chi connectivity index (χ1) is 50.4. The van der Waals surface area contributed by atoms with Gasteiger partial charge in [0.2, 0.25) is 41.4 Å². The lowest BCUT2D eigenvalue weighted by Crippen LogP contribution is -2.61. The molecule has 0 radical (unpaired) electrons. The van der Waals surface area contributed by atoms with Crippen molar-refractivity contribution in [2.75, 3.05) is 6.61 Å². The van der Waals surface area contributed by atoms with E-state index < -0.39 is 167 Å². The monoisotopic (exact) mass is 1510 g/mol. The Kier molecular flexibility index (Phi) is 27.3. The van der Waals surface area contributed by atoms with Crippen LogP contribution in [0.15, 0.2) is 97.7 Å². The van der Waals surface area contributed by atoms with Gasteiger partial charge in [-0.05, 0) is 184 Å². The number of carbonyl (C=O) groups excluding carboxylic acids is 11. The molecule has 109 heavy (non-hydrogen) atoms. The van der Waals surface area contributed by atoms with Crippen molar-refractivity contribution in [1.82, 2.24) is 55.5 Å². The largest absolute Gasteiger partial charge is 0.488 e. The molecule has 0 bridgehead atoms. The Bertz CT molecular complexity index is 4340. The van der Waals surface area contributed by atoms with E-state index in [4.69, 9.17) is 28.4 Å². The van der Waals surface area contributed by atoms with E-state index in [2.05, 4.69) is 36.9 Å². The first-order valence-electron chi connectivity index (χ1n) is 36.3. The fourth-order valence-corrected chi connectivity index (χ4v) is 11.7. The number of benzene rings is 3. The molecule has 1 fully saturated rings. The highest BCUT2D eigenvalue weighted by Gasteiger charge is 2.44. The predicted octanol–water partition coefficient (Wildman–Crippen LogP) is 9.37. The van der Waals surface area contributed by atoms with Crippen molar-refractivity contribution < 1.29 is 91.1 Å². The van der Waals surface area contributed by atoms with Crippen LogP contribution in [-0.4, -0.2) is 183 Å². The molecule has 7 rings (SSSR count). The van der Waals surface area contributed by atoms with Gasteiger partial charge in [0.05, 0.1) is 28.9 Å². The maximum atomic E-state index is 15.8. The first kappa shape index (κ1) is 85.6. The standard InChI is InChI=1S/C79H107N11O19/c1-45(2)35-57(69(98)99)85-64(93)54(37-47-40-88(71(101)107-77(12,13)14)59-27-23-21-25-51(47)59)82-63(92)53(36-46-29-31-50(32-30-46)105-75(6,7)8)81-67(96)58(43-104-74(3,4)5)86-65(94)55(38-48-41-89(72(102)108-78(15,16)17)60-28-24-22-26-52(48)60)83-66(95)56(39-49-42-87(44-80-49)70(100)106-76(9,10)11)84-68(97)61-33-34-62(91)90(61)73(103)109-79(18,19)20/h21-32,40-42,44-45,53-58,61H,33-39,43H2,1-20H3,(H,81,96)(H,82,92)(H,83,95)(H,84,97)(H,85,93)(H,86,94)(H,98,99)/t53-,54+,55-,56-,57-,58-,61-/m0/s1. The second-order valence-corrected chi connectivity index (χ2v) is 33.5. The minimum Gasteiger partial charge on any atom is -0.488 e. The average molecular weight is 1510 g/mol. The van der Waals surface area contributed by atoms with Crippen molar-refractivity contribution >= 4 is 93.5 Å². The van der Waals surface area contributed by atoms with Gasteiger partial charge in [0.15, 0.2) is 0 Å². The van der Waals surface area contributed by atoms with Crippen LogP contribution in [0.25, 0.3) is 21.8 Å². The third-order valence-corrected chi connectivity index (χ3v) is 16.3. The molecule has 7 N–H and O–H groups in total. The van der Waals surface area contributed by atoms with Crippen molar-refractivity contribution in [3.05, 3.63) is 120 Å². The molecule has 1 saturated heterocycles. The minimum absolute atomic E-state index is 0.00242. The molecule has 7 atom stereocenters. The van der Waals surface area contributed by atoms with Crippen LogP contribution in [0.2, 0.25) is 0 Å². The highest BCUT2D eigenvalue weighted by molar-refractivity contribution is 6.03. The average Bonchev–Trinajstić information content (AvgIpc) is 1.66. The maximum Gasteiger partial charge on any atom is 0.419 e. The summed E-state index contributed by atoms with van der Waals surface area (Å²) in [4.78, 5) is 178. The van der Waals surface area contributed by atoms with Gasteiger partial charge in [-0.2, -0.15) is 0 Å². The van der Waals surface area contributed by atoms with E-state index in [-0.39, 0.29) is 49.3 Å². The van der Waals surface area contributed by atoms with E-state index in [1.165, 1.54) is 27.7 Å². The number of likely N-dealkylation sites (tertiary alicyclic amines) is 1. The summed E-state index contributed by atoms with van der Waals surface area (Å²) in [5, 5.41) is 27.7. The molecule has 0 unspecified atom stereocenters. The van der Waals surface area contributed by atoms with Crippen molar-refractivity contribution in [2.45, 2.75) is 259 Å². The molecule has 0 aliphatic carbocycles. The summed E-state index contributed by atoms with van der Waals surface area (Å²) in [5.74, 6) is -7.88. The van der Waals surface area contributed by atoms with Crippen LogP contribution in [-0.2, 0) is 87.7 Å². The zero-order valence-corrected chi connectivity index (χ0v) is 66.0. The van der Waals surface area contributed by atoms with Crippen LogP contribution < -0.4 is 36.6 Å². The number of imide groups is 1. The molecular formula is C79H107N11O19. The lowest BCUT2D eigenvalue weighted by Gasteiger charge is -2.30. The fraction of sp³-hybridized carbons (Fsp3) is 0.532. The predicted molar refractivity (Wildman–Crippen MR) is 403 cm³/mol. The van der Waals surface area contributed by atoms with E-state index in [0.717, 1.165) is 10.9 Å². The topological polar surface area (TPSA) is 384 Å². The molecule has 0 saturated carbocycles. The highest BCUT2D eigenvalue weighted by Crippen LogP contribution is 2.29. The third-order valence-electron chi connectivity index (χ3n) is 16.3. The summed E-state index contributed by atoms with van der Waals surface area (Å²) in [5.41, 5.74) is -3.70. The van der Waals surface area contributed by atoms with Gasteiger partial charge < -0.3 is 65.4 Å². The van der Waals surface area contributed by atoms with E-state index in [1.54, 1.807) is 190 Å². The summed E-state index contributed by atoms with van der Waals surface area (Å²) in [6, 6.07) is 8.64. The summed E-state index contributed by atoms with van der Waals surface area (Å²) < 4.78 is 38.4. The number of carboxylic acids is 1. The number of para-hydroxylation sites is 2. The smallest absolute Gasteiger partial charge is 0.419 e. The van der Waals surface area contributed by atoms with E-state index >= 15 is 19.2 Å². The van der Waals surface area contributed by atoms with Gasteiger partial charge in [-0.1, -0.05) is 62.4 Å². The Hall–Kier alpha value is -10.6. The quantitative estimate of drug-likeness (QED) is 0.0248. The molecule has 3 aromatic heterocycles. The second-order valence-electron chi connectivity index (χ2n) is 33.5. The number of carbonyl (C=O) groups is 12. The molecular weight excluding hydrogens is 1410 g/mol. The summed E-state index contributed by atoms with van der Waals surface area (Å²) >= 11 is 0. The van der Waals surface area contributed by atoms with Crippen LogP contribution in [0.5, 0.6) is 5.75 Å². The molecule has 3 aromatic carbocycles. The molecule has 592 valence electrons. The number of ether oxygens (including phenoxy) is 6. The zero-order valence-electron chi connectivity index (χ0n) is 66.0. The van der Waals surface area contributed by atoms with E-state index in [9.17, 15) is 43.5 Å². The number of hydrogen-bond donors (Lipinski definition) is 7. The number of nitrogens with zero attached hydrogens (tertiary/aromatic N) is 5. The van der Waals surface area contributed by atoms with Crippen LogP contribution in [0, 0.1) is 5.92 Å². The van der Waals surface area contributed by atoms with Crippen molar-refractivity contribution in [3.8, 4) is 5.75 Å². The van der Waals surface area contributed by atoms with Crippen LogP contribution >= 0.6 is 0 Å². The molecule has 8 amide bonds. The number of nitrogens with one attached hydrogen (secondary N) is 6. The molecule has 1 aliphatic heterocycles. The minimum atomic E-state index is -1.78. The van der Waals surface area contributed by atoms with Gasteiger partial charge in [-0.25, -0.2) is 38.4 Å². The Balaban J connectivity index is 1.33. The first-order valence-corrected chi connectivity index (χ1v) is 36.3. The molecule has 30 heteroatoms. The van der Waals surface area contributed by atoms with Gasteiger partial charge in [-0.15, -0.1) is 0 Å². The molecule has 30 nitrogen and oxygen atoms in total. The van der Waals surface area contributed by atoms with Gasteiger partial charge in [-0.3, -0.25) is 42.7 Å². The third kappa shape index (κ3) is 25.5. The highest BCUT2D eigenvalue weighted by atomic mass is 16.6. The molecule has 4 heterocycles. The van der Waals surface area contributed by atoms with Gasteiger partial charge in [0.25, 0.3) is 0 Å². The molecule has 6 aromatic rings. The normalized spacial score (nSPS) is 15.4. The number of aromatic nitrogens is 4. The Morgan fingerprint density at radius 2 is 0.890 bits per heavy atom. The maximum absolute atomic E-state index is 15.8. The second kappa shape index (κ2) is 34.7. The van der Waals surface area contributed by atoms with Crippen LogP contribution in [0.1, 0.15) is 180 Å². The number of carboxylic acid groups (broad SMARTS) is 1. The van der Waals surface area contributed by atoms with Crippen LogP contribution in [0.3, 0.4) is 0 Å². The van der Waals surface area contributed by atoms with Gasteiger partial charge in [0.1, 0.15) is 82.4 Å². The van der Waals surface area contributed by atoms with E-state index in [0.29, 0.717) is 43.6 Å². The number of hydrogen-bond acceptors (Lipinski definition) is 19. The fourth-order valence-electron chi connectivity index (χ4n) is 11.7. The van der Waals surface area contributed by atoms with Gasteiger partial charge >= 0.3 is 30.3 Å². The Morgan fingerprint density at radius 1 is 0.477 bits per heavy atom. The number of rotatable bonds is 26. The zero-order chi connectivity index (χ0) is 81.2. The SMILES string of the molecule is CC(C)C[C@H](NC(=O)[C@@H](Cc1cn(C(=O)OC(C)(C)C)c2ccccc12)NC(=O)[C@H](Cc1ccc(OC(C)(C)C)cc1)NC(=O)[C@H](COC(C)(C)C)NC(=O)[C@H](Cc1cn(C(=O)OC(C)(C)C)c2ccccc12)NC(=O)[C@H](Cc1cn(C(=O)OC(C)(C)C)cn1)NC(=O)[C@@H]1CCC(=O)N1C(=O)OC(C)(C)C)C(=O)O. The van der Waals surface area contributed by atoms with Crippen LogP contribution in [0.4, 0.5) is 19.2 Å². The van der Waals surface area contributed by atoms with Gasteiger partial charge in [0, 0.05) is 61.5 Å². The van der Waals surface area contributed by atoms with Crippen molar-refractivity contribution in [2.24, 2.45) is 5.92 Å². The number of aliphatic carboxylic acids is 1. The molecule has 0 spiro atoms. The van der Waals surface area contributed by atoms with Crippen molar-refractivity contribution in [3.63, 3.8) is 0 Å². The Labute approximate surface area is 635 Å². The molecule has 1 aliphatic rings. The lowest BCUT2D eigenvalue weighted by atomic mass is 10.00. The Morgan fingerprint density at radius 3 is 1.33 bits per heavy atom. The summed E-state index contributed by atoms with van der Waals surface area (Å²) in [6.45, 7) is 33.4. The summed E-state index contributed by atoms with van der Waals surface area (Å²) in [7, 11) is 0. The number of fused-ring (bicyclic) bond motifs is 2. The summed E-state index contributed by atoms with van der Waals surface area (Å²) in [6.07, 6.45) is -0.229.